The third-order valence-corrected chi connectivity index (χ3v) is 5.11. The lowest BCUT2D eigenvalue weighted by Crippen LogP contribution is -2.50. The van der Waals surface area contributed by atoms with Crippen molar-refractivity contribution in [2.24, 2.45) is 0 Å². The monoisotopic (exact) mass is 356 g/mol. The highest BCUT2D eigenvalue weighted by Crippen LogP contribution is 2.27. The number of anilines is 1. The number of nitrogens with one attached hydrogen (secondary N) is 1. The zero-order chi connectivity index (χ0) is 18.4. The number of piperazine rings is 1. The molecule has 0 aromatic heterocycles. The largest absolute Gasteiger partial charge is 0.352 e. The number of para-hydroxylation sites is 1. The predicted octanol–water partition coefficient (Wildman–Crippen LogP) is 0.886. The number of carbonyl (C=O) groups excluding carboxylic acids is 2. The van der Waals surface area contributed by atoms with Crippen molar-refractivity contribution in [2.45, 2.75) is 12.8 Å². The van der Waals surface area contributed by atoms with Crippen LogP contribution in [0.5, 0.6) is 0 Å². The fourth-order valence-electron chi connectivity index (χ4n) is 3.60. The normalized spacial score (nSPS) is 17.8. The van der Waals surface area contributed by atoms with E-state index in [1.54, 1.807) is 6.08 Å². The molecule has 0 aliphatic carbocycles. The van der Waals surface area contributed by atoms with E-state index in [-0.39, 0.29) is 11.8 Å². The van der Waals surface area contributed by atoms with Crippen LogP contribution in [-0.2, 0) is 16.0 Å². The highest BCUT2D eigenvalue weighted by Gasteiger charge is 2.25. The maximum absolute atomic E-state index is 12.6. The number of benzene rings is 1. The van der Waals surface area contributed by atoms with E-state index >= 15 is 0 Å². The lowest BCUT2D eigenvalue weighted by Gasteiger charge is -2.34. The standard InChI is InChI=1S/C20H28N4O2/c1-2-9-21-19(25)16-23-14-12-22(13-15-23)10-8-20(26)24-11-7-17-5-3-4-6-18(17)24/h2-6H,1,7-16H2,(H,21,25). The first-order valence-corrected chi connectivity index (χ1v) is 9.38. The van der Waals surface area contributed by atoms with Gasteiger partial charge in [-0.1, -0.05) is 24.3 Å². The van der Waals surface area contributed by atoms with Gasteiger partial charge in [0.25, 0.3) is 0 Å². The van der Waals surface area contributed by atoms with Crippen LogP contribution in [0.2, 0.25) is 0 Å². The summed E-state index contributed by atoms with van der Waals surface area (Å²) in [7, 11) is 0. The van der Waals surface area contributed by atoms with Gasteiger partial charge >= 0.3 is 0 Å². The molecule has 2 heterocycles. The van der Waals surface area contributed by atoms with E-state index in [1.165, 1.54) is 5.56 Å². The summed E-state index contributed by atoms with van der Waals surface area (Å²) in [6, 6.07) is 8.17. The molecule has 0 radical (unpaired) electrons. The second-order valence-electron chi connectivity index (χ2n) is 6.88. The summed E-state index contributed by atoms with van der Waals surface area (Å²) in [6.45, 7) is 9.66. The molecular weight excluding hydrogens is 328 g/mol. The molecule has 0 atom stereocenters. The van der Waals surface area contributed by atoms with Gasteiger partial charge < -0.3 is 15.1 Å². The molecule has 1 aromatic carbocycles. The Balaban J connectivity index is 1.38. The number of carbonyl (C=O) groups is 2. The zero-order valence-electron chi connectivity index (χ0n) is 15.3. The van der Waals surface area contributed by atoms with Gasteiger partial charge in [0.1, 0.15) is 0 Å². The van der Waals surface area contributed by atoms with Gasteiger partial charge in [0.2, 0.25) is 11.8 Å². The van der Waals surface area contributed by atoms with Crippen LogP contribution in [-0.4, -0.2) is 74.0 Å². The van der Waals surface area contributed by atoms with E-state index in [1.807, 2.05) is 23.1 Å². The zero-order valence-corrected chi connectivity index (χ0v) is 15.3. The summed E-state index contributed by atoms with van der Waals surface area (Å²) in [4.78, 5) is 30.7. The molecule has 26 heavy (non-hydrogen) atoms. The Bertz CT molecular complexity index is 653. The Hall–Kier alpha value is -2.18. The summed E-state index contributed by atoms with van der Waals surface area (Å²) in [5, 5.41) is 2.81. The van der Waals surface area contributed by atoms with Gasteiger partial charge in [-0.3, -0.25) is 14.5 Å². The van der Waals surface area contributed by atoms with Crippen LogP contribution in [0.3, 0.4) is 0 Å². The van der Waals surface area contributed by atoms with E-state index in [4.69, 9.17) is 0 Å². The lowest BCUT2D eigenvalue weighted by molar-refractivity contribution is -0.122. The molecule has 2 aliphatic heterocycles. The van der Waals surface area contributed by atoms with Gasteiger partial charge in [0.05, 0.1) is 6.54 Å². The third kappa shape index (κ3) is 4.71. The van der Waals surface area contributed by atoms with Gasteiger partial charge in [0.15, 0.2) is 0 Å². The highest BCUT2D eigenvalue weighted by molar-refractivity contribution is 5.95. The van der Waals surface area contributed by atoms with Crippen molar-refractivity contribution in [2.75, 3.05) is 57.3 Å². The van der Waals surface area contributed by atoms with Crippen LogP contribution in [0.1, 0.15) is 12.0 Å². The van der Waals surface area contributed by atoms with Crippen molar-refractivity contribution < 1.29 is 9.59 Å². The molecular formula is C20H28N4O2. The lowest BCUT2D eigenvalue weighted by atomic mass is 10.2. The van der Waals surface area contributed by atoms with E-state index < -0.39 is 0 Å². The number of hydrogen-bond donors (Lipinski definition) is 1. The molecule has 1 fully saturated rings. The van der Waals surface area contributed by atoms with Crippen molar-refractivity contribution in [1.82, 2.24) is 15.1 Å². The summed E-state index contributed by atoms with van der Waals surface area (Å²) >= 11 is 0. The molecule has 0 spiro atoms. The number of amides is 2. The molecule has 0 bridgehead atoms. The maximum atomic E-state index is 12.6. The van der Waals surface area contributed by atoms with Crippen LogP contribution in [0.25, 0.3) is 0 Å². The second kappa shape index (κ2) is 8.96. The number of hydrogen-bond acceptors (Lipinski definition) is 4. The highest BCUT2D eigenvalue weighted by atomic mass is 16.2. The van der Waals surface area contributed by atoms with Crippen molar-refractivity contribution >= 4 is 17.5 Å². The minimum absolute atomic E-state index is 0.0428. The van der Waals surface area contributed by atoms with Crippen molar-refractivity contribution in [1.29, 1.82) is 0 Å². The van der Waals surface area contributed by atoms with Crippen LogP contribution in [0.15, 0.2) is 36.9 Å². The fourth-order valence-corrected chi connectivity index (χ4v) is 3.60. The number of nitrogens with zero attached hydrogens (tertiary/aromatic N) is 3. The molecule has 0 unspecified atom stereocenters. The minimum Gasteiger partial charge on any atom is -0.352 e. The average Bonchev–Trinajstić information content (AvgIpc) is 3.10. The van der Waals surface area contributed by atoms with Crippen molar-refractivity contribution in [3.8, 4) is 0 Å². The quantitative estimate of drug-likeness (QED) is 0.737. The molecule has 2 aliphatic rings. The van der Waals surface area contributed by atoms with E-state index in [2.05, 4.69) is 27.8 Å². The van der Waals surface area contributed by atoms with Crippen molar-refractivity contribution in [3.05, 3.63) is 42.5 Å². The smallest absolute Gasteiger partial charge is 0.234 e. The van der Waals surface area contributed by atoms with Crippen LogP contribution >= 0.6 is 0 Å². The maximum Gasteiger partial charge on any atom is 0.234 e. The first-order valence-electron chi connectivity index (χ1n) is 9.38. The minimum atomic E-state index is 0.0428. The third-order valence-electron chi connectivity index (χ3n) is 5.11. The molecule has 6 heteroatoms. The summed E-state index contributed by atoms with van der Waals surface area (Å²) in [5.74, 6) is 0.252. The summed E-state index contributed by atoms with van der Waals surface area (Å²) < 4.78 is 0. The molecule has 1 saturated heterocycles. The van der Waals surface area contributed by atoms with Crippen molar-refractivity contribution in [3.63, 3.8) is 0 Å². The van der Waals surface area contributed by atoms with E-state index in [0.717, 1.165) is 51.4 Å². The topological polar surface area (TPSA) is 55.9 Å². The van der Waals surface area contributed by atoms with Gasteiger partial charge in [-0.05, 0) is 18.1 Å². The van der Waals surface area contributed by atoms with Crippen LogP contribution in [0.4, 0.5) is 5.69 Å². The Morgan fingerprint density at radius 2 is 1.81 bits per heavy atom. The molecule has 1 N–H and O–H groups in total. The number of fused-ring (bicyclic) bond motifs is 1. The molecule has 3 rings (SSSR count). The second-order valence-corrected chi connectivity index (χ2v) is 6.88. The Labute approximate surface area is 155 Å². The van der Waals surface area contributed by atoms with Gasteiger partial charge in [-0.2, -0.15) is 0 Å². The molecule has 2 amide bonds. The Morgan fingerprint density at radius 3 is 2.58 bits per heavy atom. The Kier molecular flexibility index (Phi) is 6.41. The van der Waals surface area contributed by atoms with Crippen LogP contribution < -0.4 is 10.2 Å². The van der Waals surface area contributed by atoms with Gasteiger partial charge in [-0.25, -0.2) is 0 Å². The summed E-state index contributed by atoms with van der Waals surface area (Å²) in [6.07, 6.45) is 3.19. The molecule has 0 saturated carbocycles. The average molecular weight is 356 g/mol. The number of rotatable bonds is 7. The Morgan fingerprint density at radius 1 is 1.08 bits per heavy atom. The van der Waals surface area contributed by atoms with E-state index in [0.29, 0.717) is 19.5 Å². The predicted molar refractivity (Wildman–Crippen MR) is 103 cm³/mol. The van der Waals surface area contributed by atoms with Gasteiger partial charge in [-0.15, -0.1) is 6.58 Å². The SMILES string of the molecule is C=CCNC(=O)CN1CCN(CCC(=O)N2CCc3ccccc32)CC1. The van der Waals surface area contributed by atoms with E-state index in [9.17, 15) is 9.59 Å². The first kappa shape index (κ1) is 18.6. The molecule has 1 aromatic rings. The molecule has 6 nitrogen and oxygen atoms in total. The molecule has 140 valence electrons. The first-order chi connectivity index (χ1) is 12.7. The fraction of sp³-hybridized carbons (Fsp3) is 0.500. The van der Waals surface area contributed by atoms with Gasteiger partial charge in [0, 0.05) is 57.9 Å². The summed E-state index contributed by atoms with van der Waals surface area (Å²) in [5.41, 5.74) is 2.34. The van der Waals surface area contributed by atoms with Crippen LogP contribution in [0, 0.1) is 0 Å².